The minimum Gasteiger partial charge on any atom is -0.372 e. The minimum atomic E-state index is -0.201. The Balaban J connectivity index is 2.11. The van der Waals surface area contributed by atoms with Crippen LogP contribution in [0, 0.1) is 17.9 Å². The van der Waals surface area contributed by atoms with Crippen molar-refractivity contribution in [2.24, 2.45) is 5.92 Å². The van der Waals surface area contributed by atoms with E-state index in [9.17, 15) is 4.79 Å². The molecule has 0 amide bonds. The van der Waals surface area contributed by atoms with E-state index in [1.54, 1.807) is 0 Å². The van der Waals surface area contributed by atoms with Crippen molar-refractivity contribution < 1.29 is 14.3 Å². The Morgan fingerprint density at radius 3 is 2.57 bits per heavy atom. The summed E-state index contributed by atoms with van der Waals surface area (Å²) in [7, 11) is 0. The lowest BCUT2D eigenvalue weighted by molar-refractivity contribution is -0.138. The SMILES string of the molecule is CC(C)(C)OCC#COC(=O)C1CC1. The maximum absolute atomic E-state index is 11.0. The fourth-order valence-electron chi connectivity index (χ4n) is 0.771. The van der Waals surface area contributed by atoms with Crippen molar-refractivity contribution in [2.45, 2.75) is 39.2 Å². The molecule has 0 aromatic carbocycles. The zero-order valence-corrected chi connectivity index (χ0v) is 8.92. The highest BCUT2D eigenvalue weighted by atomic mass is 16.5. The molecule has 3 nitrogen and oxygen atoms in total. The molecule has 0 bridgehead atoms. The van der Waals surface area contributed by atoms with E-state index in [1.807, 2.05) is 20.8 Å². The third-order valence-electron chi connectivity index (χ3n) is 1.71. The third kappa shape index (κ3) is 4.88. The molecule has 1 aliphatic rings. The second kappa shape index (κ2) is 4.47. The fourth-order valence-corrected chi connectivity index (χ4v) is 0.771. The van der Waals surface area contributed by atoms with Crippen molar-refractivity contribution in [3.8, 4) is 12.0 Å². The van der Waals surface area contributed by atoms with Gasteiger partial charge in [0.15, 0.2) is 0 Å². The summed E-state index contributed by atoms with van der Waals surface area (Å²) in [4.78, 5) is 11.0. The van der Waals surface area contributed by atoms with Crippen LogP contribution in [0.5, 0.6) is 0 Å². The smallest absolute Gasteiger partial charge is 0.322 e. The van der Waals surface area contributed by atoms with Crippen molar-refractivity contribution >= 4 is 5.97 Å². The maximum atomic E-state index is 11.0. The molecule has 14 heavy (non-hydrogen) atoms. The van der Waals surface area contributed by atoms with Crippen molar-refractivity contribution in [1.29, 1.82) is 0 Å². The first kappa shape index (κ1) is 11.1. The lowest BCUT2D eigenvalue weighted by Crippen LogP contribution is -2.19. The Morgan fingerprint density at radius 1 is 1.43 bits per heavy atom. The summed E-state index contributed by atoms with van der Waals surface area (Å²) in [6, 6.07) is 0. The third-order valence-corrected chi connectivity index (χ3v) is 1.71. The molecule has 1 aliphatic carbocycles. The van der Waals surface area contributed by atoms with Gasteiger partial charge in [0.25, 0.3) is 0 Å². The highest BCUT2D eigenvalue weighted by Gasteiger charge is 2.31. The van der Waals surface area contributed by atoms with E-state index in [4.69, 9.17) is 9.47 Å². The zero-order valence-electron chi connectivity index (χ0n) is 8.92. The van der Waals surface area contributed by atoms with Crippen LogP contribution in [0.2, 0.25) is 0 Å². The summed E-state index contributed by atoms with van der Waals surface area (Å²) in [5.74, 6) is 2.54. The predicted molar refractivity (Wildman–Crippen MR) is 52.3 cm³/mol. The molecule has 0 unspecified atom stereocenters. The number of carbonyl (C=O) groups is 1. The van der Waals surface area contributed by atoms with Crippen LogP contribution in [0.1, 0.15) is 33.6 Å². The molecule has 1 rings (SSSR count). The summed E-state index contributed by atoms with van der Waals surface area (Å²) in [6.45, 7) is 6.14. The van der Waals surface area contributed by atoms with E-state index in [0.717, 1.165) is 12.8 Å². The topological polar surface area (TPSA) is 35.5 Å². The molecule has 0 N–H and O–H groups in total. The monoisotopic (exact) mass is 196 g/mol. The van der Waals surface area contributed by atoms with E-state index in [-0.39, 0.29) is 17.5 Å². The average Bonchev–Trinajstić information content (AvgIpc) is 2.83. The molecule has 0 aliphatic heterocycles. The highest BCUT2D eigenvalue weighted by molar-refractivity contribution is 5.75. The van der Waals surface area contributed by atoms with Gasteiger partial charge < -0.3 is 9.47 Å². The minimum absolute atomic E-state index is 0.104. The van der Waals surface area contributed by atoms with Gasteiger partial charge >= 0.3 is 5.97 Å². The lowest BCUT2D eigenvalue weighted by atomic mass is 10.2. The quantitative estimate of drug-likeness (QED) is 0.498. The molecule has 0 atom stereocenters. The standard InChI is InChI=1S/C11H16O3/c1-11(2,3)14-8-4-7-13-10(12)9-5-6-9/h9H,5-6,8H2,1-3H3. The Kier molecular flexibility index (Phi) is 3.54. The van der Waals surface area contributed by atoms with Crippen molar-refractivity contribution in [3.05, 3.63) is 0 Å². The summed E-state index contributed by atoms with van der Waals surface area (Å²) in [5, 5.41) is 0. The molecule has 0 aromatic rings. The Morgan fingerprint density at radius 2 is 2.07 bits per heavy atom. The first-order valence-corrected chi connectivity index (χ1v) is 4.81. The van der Waals surface area contributed by atoms with Crippen LogP contribution in [0.15, 0.2) is 0 Å². The first-order chi connectivity index (χ1) is 6.49. The second-order valence-electron chi connectivity index (χ2n) is 4.38. The molecular weight excluding hydrogens is 180 g/mol. The van der Waals surface area contributed by atoms with Crippen molar-refractivity contribution in [3.63, 3.8) is 0 Å². The van der Waals surface area contributed by atoms with Crippen LogP contribution >= 0.6 is 0 Å². The number of hydrogen-bond donors (Lipinski definition) is 0. The van der Waals surface area contributed by atoms with Gasteiger partial charge in [-0.1, -0.05) is 0 Å². The molecule has 0 saturated heterocycles. The number of ether oxygens (including phenoxy) is 2. The van der Waals surface area contributed by atoms with Crippen LogP contribution < -0.4 is 0 Å². The largest absolute Gasteiger partial charge is 0.372 e. The second-order valence-corrected chi connectivity index (χ2v) is 4.38. The van der Waals surface area contributed by atoms with E-state index in [2.05, 4.69) is 12.0 Å². The van der Waals surface area contributed by atoms with E-state index >= 15 is 0 Å². The van der Waals surface area contributed by atoms with Gasteiger partial charge in [-0.25, -0.2) is 0 Å². The van der Waals surface area contributed by atoms with Crippen LogP contribution in [-0.2, 0) is 14.3 Å². The number of hydrogen-bond acceptors (Lipinski definition) is 3. The molecule has 0 heterocycles. The normalized spacial score (nSPS) is 15.6. The van der Waals surface area contributed by atoms with Crippen molar-refractivity contribution in [2.75, 3.05) is 6.61 Å². The molecule has 1 saturated carbocycles. The number of rotatable bonds is 2. The lowest BCUT2D eigenvalue weighted by Gasteiger charge is -2.16. The van der Waals surface area contributed by atoms with Gasteiger partial charge in [-0.05, 0) is 39.5 Å². The van der Waals surface area contributed by atoms with E-state index in [0.29, 0.717) is 6.61 Å². The van der Waals surface area contributed by atoms with Gasteiger partial charge in [0.1, 0.15) is 12.7 Å². The maximum Gasteiger partial charge on any atom is 0.322 e. The zero-order chi connectivity index (χ0) is 10.6. The molecule has 0 aromatic heterocycles. The number of carbonyl (C=O) groups excluding carboxylic acids is 1. The summed E-state index contributed by atoms with van der Waals surface area (Å²) in [5.41, 5.74) is -0.199. The van der Waals surface area contributed by atoms with Gasteiger partial charge in [-0.2, -0.15) is 0 Å². The first-order valence-electron chi connectivity index (χ1n) is 4.81. The van der Waals surface area contributed by atoms with Gasteiger partial charge in [0, 0.05) is 0 Å². The van der Waals surface area contributed by atoms with E-state index < -0.39 is 0 Å². The van der Waals surface area contributed by atoms with Crippen LogP contribution in [0.3, 0.4) is 0 Å². The summed E-state index contributed by atoms with van der Waals surface area (Å²) < 4.78 is 10.0. The van der Waals surface area contributed by atoms with Crippen LogP contribution in [0.4, 0.5) is 0 Å². The summed E-state index contributed by atoms with van der Waals surface area (Å²) in [6.07, 6.45) is 4.24. The number of esters is 1. The molecule has 0 spiro atoms. The molecule has 1 fully saturated rings. The Bertz CT molecular complexity index is 260. The highest BCUT2D eigenvalue weighted by Crippen LogP contribution is 2.29. The van der Waals surface area contributed by atoms with Gasteiger partial charge in [0.05, 0.1) is 11.5 Å². The van der Waals surface area contributed by atoms with Crippen LogP contribution in [0.25, 0.3) is 0 Å². The summed E-state index contributed by atoms with van der Waals surface area (Å²) >= 11 is 0. The van der Waals surface area contributed by atoms with E-state index in [1.165, 1.54) is 0 Å². The van der Waals surface area contributed by atoms with Gasteiger partial charge in [0.2, 0.25) is 0 Å². The Labute approximate surface area is 84.8 Å². The molecular formula is C11H16O3. The average molecular weight is 196 g/mol. The molecule has 78 valence electrons. The fraction of sp³-hybridized carbons (Fsp3) is 0.727. The van der Waals surface area contributed by atoms with Gasteiger partial charge in [-0.15, -0.1) is 0 Å². The molecule has 3 heteroatoms. The molecule has 0 radical (unpaired) electrons. The van der Waals surface area contributed by atoms with Gasteiger partial charge in [-0.3, -0.25) is 4.79 Å². The van der Waals surface area contributed by atoms with Crippen LogP contribution in [-0.4, -0.2) is 18.2 Å². The van der Waals surface area contributed by atoms with Crippen molar-refractivity contribution in [1.82, 2.24) is 0 Å². The Hall–Kier alpha value is -1.01. The predicted octanol–water partition coefficient (Wildman–Crippen LogP) is 1.72.